The van der Waals surface area contributed by atoms with Crippen LogP contribution in [0.2, 0.25) is 0 Å². The van der Waals surface area contributed by atoms with Crippen molar-refractivity contribution < 1.29 is 19.1 Å². The molecule has 4 aromatic rings. The van der Waals surface area contributed by atoms with Gasteiger partial charge in [0.05, 0.1) is 36.1 Å². The van der Waals surface area contributed by atoms with E-state index in [9.17, 15) is 9.59 Å². The highest BCUT2D eigenvalue weighted by Crippen LogP contribution is 2.47. The lowest BCUT2D eigenvalue weighted by atomic mass is 9.72. The fourth-order valence-electron chi connectivity index (χ4n) is 7.91. The van der Waals surface area contributed by atoms with Gasteiger partial charge in [-0.05, 0) is 91.6 Å². The summed E-state index contributed by atoms with van der Waals surface area (Å²) in [4.78, 5) is 31.0. The van der Waals surface area contributed by atoms with Crippen LogP contribution in [0.5, 0.6) is 5.75 Å². The molecular formula is C37H37N3O4. The highest BCUT2D eigenvalue weighted by molar-refractivity contribution is 6.07. The fraction of sp³-hybridized carbons (Fsp3) is 0.378. The molecule has 2 aliphatic heterocycles. The monoisotopic (exact) mass is 587 g/mol. The number of aromatic nitrogens is 1. The Hall–Kier alpha value is -4.39. The fourth-order valence-corrected chi connectivity index (χ4v) is 7.91. The lowest BCUT2D eigenvalue weighted by molar-refractivity contribution is 0.0600. The van der Waals surface area contributed by atoms with E-state index in [2.05, 4.69) is 40.2 Å². The van der Waals surface area contributed by atoms with Gasteiger partial charge in [0.2, 0.25) is 0 Å². The summed E-state index contributed by atoms with van der Waals surface area (Å²) in [5, 5.41) is 4.68. The summed E-state index contributed by atoms with van der Waals surface area (Å²) in [5.41, 5.74) is 8.50. The molecule has 3 aromatic carbocycles. The van der Waals surface area contributed by atoms with Crippen molar-refractivity contribution in [3.05, 3.63) is 82.9 Å². The molecule has 3 heterocycles. The van der Waals surface area contributed by atoms with E-state index in [1.54, 1.807) is 6.07 Å². The van der Waals surface area contributed by atoms with Gasteiger partial charge in [0.1, 0.15) is 12.4 Å². The Balaban J connectivity index is 1.14. The van der Waals surface area contributed by atoms with E-state index in [0.717, 1.165) is 59.6 Å². The third-order valence-electron chi connectivity index (χ3n) is 10.3. The molecule has 4 aliphatic rings. The Morgan fingerprint density at radius 2 is 1.80 bits per heavy atom. The highest BCUT2D eigenvalue weighted by atomic mass is 16.5. The predicted molar refractivity (Wildman–Crippen MR) is 171 cm³/mol. The van der Waals surface area contributed by atoms with Crippen LogP contribution in [0.3, 0.4) is 0 Å². The lowest BCUT2D eigenvalue weighted by Gasteiger charge is -2.42. The molecule has 0 saturated heterocycles. The topological polar surface area (TPSA) is 81.9 Å². The molecule has 0 unspecified atom stereocenters. The van der Waals surface area contributed by atoms with Crippen molar-refractivity contribution in [2.45, 2.75) is 75.8 Å². The predicted octanol–water partition coefficient (Wildman–Crippen LogP) is 7.52. The molecule has 0 radical (unpaired) electrons. The number of aliphatic imine (C=N–C) groups is 1. The van der Waals surface area contributed by atoms with Gasteiger partial charge in [-0.25, -0.2) is 4.79 Å². The van der Waals surface area contributed by atoms with Gasteiger partial charge in [0.25, 0.3) is 5.91 Å². The van der Waals surface area contributed by atoms with Crippen molar-refractivity contribution in [1.82, 2.24) is 9.88 Å². The third-order valence-corrected chi connectivity index (χ3v) is 10.3. The van der Waals surface area contributed by atoms with Crippen molar-refractivity contribution >= 4 is 34.2 Å². The number of hydrogen-bond donors (Lipinski definition) is 1. The molecule has 7 heteroatoms. The zero-order valence-corrected chi connectivity index (χ0v) is 25.2. The Morgan fingerprint density at radius 1 is 0.977 bits per heavy atom. The smallest absolute Gasteiger partial charge is 0.337 e. The van der Waals surface area contributed by atoms with Gasteiger partial charge < -0.3 is 19.4 Å². The van der Waals surface area contributed by atoms with Gasteiger partial charge in [-0.2, -0.15) is 0 Å². The average molecular weight is 588 g/mol. The minimum absolute atomic E-state index is 0.0689. The first-order chi connectivity index (χ1) is 21.5. The number of rotatable bonds is 5. The molecule has 2 saturated carbocycles. The molecule has 2 aliphatic carbocycles. The zero-order valence-electron chi connectivity index (χ0n) is 25.2. The van der Waals surface area contributed by atoms with Gasteiger partial charge in [-0.1, -0.05) is 37.5 Å². The van der Waals surface area contributed by atoms with Crippen molar-refractivity contribution in [2.24, 2.45) is 4.99 Å². The molecule has 0 atom stereocenters. The van der Waals surface area contributed by atoms with Gasteiger partial charge in [0, 0.05) is 34.2 Å². The van der Waals surface area contributed by atoms with Gasteiger partial charge in [-0.15, -0.1) is 0 Å². The van der Waals surface area contributed by atoms with E-state index >= 15 is 0 Å². The first kappa shape index (κ1) is 27.2. The molecule has 7 nitrogen and oxygen atoms in total. The number of hydrogen-bond acceptors (Lipinski definition) is 5. The summed E-state index contributed by atoms with van der Waals surface area (Å²) in [6, 6.07) is 20.2. The van der Waals surface area contributed by atoms with E-state index in [-0.39, 0.29) is 11.9 Å². The van der Waals surface area contributed by atoms with E-state index in [1.165, 1.54) is 55.9 Å². The first-order valence-corrected chi connectivity index (χ1v) is 16.0. The summed E-state index contributed by atoms with van der Waals surface area (Å²) >= 11 is 0. The lowest BCUT2D eigenvalue weighted by Crippen LogP contribution is -2.59. The van der Waals surface area contributed by atoms with Crippen LogP contribution in [-0.2, 0) is 17.7 Å². The molecule has 44 heavy (non-hydrogen) atoms. The number of nitrogens with zero attached hydrogens (tertiary/aromatic N) is 2. The summed E-state index contributed by atoms with van der Waals surface area (Å²) in [5.74, 6) is 1.02. The molecular weight excluding hydrogens is 550 g/mol. The minimum atomic E-state index is -0.466. The quantitative estimate of drug-likeness (QED) is 0.245. The molecule has 0 bridgehead atoms. The zero-order chi connectivity index (χ0) is 29.8. The number of carbonyl (C=O) groups is 2. The van der Waals surface area contributed by atoms with Gasteiger partial charge in [0.15, 0.2) is 0 Å². The van der Waals surface area contributed by atoms with Crippen LogP contribution in [-0.4, -0.2) is 41.4 Å². The Bertz CT molecular complexity index is 1840. The second-order valence-electron chi connectivity index (χ2n) is 12.8. The molecule has 1 aromatic heterocycles. The maximum absolute atomic E-state index is 14.0. The summed E-state index contributed by atoms with van der Waals surface area (Å²) in [6.07, 6.45) is 9.60. The molecule has 1 N–H and O–H groups in total. The van der Waals surface area contributed by atoms with Gasteiger partial charge >= 0.3 is 5.97 Å². The third kappa shape index (κ3) is 4.35. The van der Waals surface area contributed by atoms with Crippen LogP contribution < -0.4 is 10.1 Å². The molecule has 0 spiro atoms. The second-order valence-corrected chi connectivity index (χ2v) is 12.8. The SMILES string of the molecule is COC(=O)c1ccc2c(c1)CC(C1(NC(=O)c3ccc4c(C5CCCCC5)c5n(c4c3)CCOc3ccccc3-5)CCC1)=N2. The number of carbonyl (C=O) groups excluding carboxylic acids is 2. The van der Waals surface area contributed by atoms with E-state index in [0.29, 0.717) is 30.1 Å². The summed E-state index contributed by atoms with van der Waals surface area (Å²) < 4.78 is 13.5. The van der Waals surface area contributed by atoms with Crippen molar-refractivity contribution in [3.63, 3.8) is 0 Å². The number of ether oxygens (including phenoxy) is 2. The standard InChI is InChI=1S/C37H37N3O4/c1-43-36(42)25-13-15-29-26(20-25)22-32(38-29)37(16-7-17-37)39-35(41)24-12-14-27-30(21-24)40-18-19-44-31-11-6-5-10-28(31)34(40)33(27)23-8-3-2-4-9-23/h5-6,10-15,20-21,23H,2-4,7-9,16-19,22H2,1H3,(H,39,41). The van der Waals surface area contributed by atoms with Crippen LogP contribution in [0.1, 0.15) is 89.1 Å². The van der Waals surface area contributed by atoms with Crippen molar-refractivity contribution in [1.29, 1.82) is 0 Å². The van der Waals surface area contributed by atoms with E-state index < -0.39 is 5.54 Å². The maximum Gasteiger partial charge on any atom is 0.337 e. The number of para-hydroxylation sites is 1. The Morgan fingerprint density at radius 3 is 2.59 bits per heavy atom. The average Bonchev–Trinajstić information content (AvgIpc) is 3.55. The van der Waals surface area contributed by atoms with Crippen LogP contribution in [0.15, 0.2) is 65.7 Å². The molecule has 2 fully saturated rings. The van der Waals surface area contributed by atoms with Crippen LogP contribution in [0.4, 0.5) is 5.69 Å². The van der Waals surface area contributed by atoms with Crippen LogP contribution >= 0.6 is 0 Å². The van der Waals surface area contributed by atoms with Crippen molar-refractivity contribution in [2.75, 3.05) is 13.7 Å². The number of fused-ring (bicyclic) bond motifs is 6. The van der Waals surface area contributed by atoms with Crippen LogP contribution in [0.25, 0.3) is 22.2 Å². The largest absolute Gasteiger partial charge is 0.491 e. The number of amides is 1. The Labute approximate surface area is 257 Å². The number of nitrogens with one attached hydrogen (secondary N) is 1. The molecule has 1 amide bonds. The first-order valence-electron chi connectivity index (χ1n) is 16.0. The number of methoxy groups -OCH3 is 1. The van der Waals surface area contributed by atoms with Crippen molar-refractivity contribution in [3.8, 4) is 17.0 Å². The normalized spacial score (nSPS) is 18.6. The maximum atomic E-state index is 14.0. The highest BCUT2D eigenvalue weighted by Gasteiger charge is 2.45. The molecule has 224 valence electrons. The number of benzene rings is 3. The second kappa shape index (κ2) is 10.7. The van der Waals surface area contributed by atoms with Crippen LogP contribution in [0, 0.1) is 0 Å². The van der Waals surface area contributed by atoms with E-state index in [1.807, 2.05) is 24.3 Å². The van der Waals surface area contributed by atoms with E-state index in [4.69, 9.17) is 14.5 Å². The number of esters is 1. The van der Waals surface area contributed by atoms with Gasteiger partial charge in [-0.3, -0.25) is 9.79 Å². The Kier molecular flexibility index (Phi) is 6.58. The minimum Gasteiger partial charge on any atom is -0.491 e. The summed E-state index contributed by atoms with van der Waals surface area (Å²) in [6.45, 7) is 1.33. The molecule has 8 rings (SSSR count). The summed E-state index contributed by atoms with van der Waals surface area (Å²) in [7, 11) is 1.39.